The second kappa shape index (κ2) is 4.98. The molecule has 0 spiro atoms. The Morgan fingerprint density at radius 1 is 1.26 bits per heavy atom. The molecule has 0 saturated heterocycles. The van der Waals surface area contributed by atoms with Crippen molar-refractivity contribution in [3.63, 3.8) is 0 Å². The fourth-order valence-electron chi connectivity index (χ4n) is 1.21. The van der Waals surface area contributed by atoms with Crippen LogP contribution < -0.4 is 10.5 Å². The highest BCUT2D eigenvalue weighted by atomic mass is 35.5. The summed E-state index contributed by atoms with van der Waals surface area (Å²) in [5.74, 6) is -0.560. The summed E-state index contributed by atoms with van der Waals surface area (Å²) in [6.07, 6.45) is 1.96. The SMILES string of the molecule is Nc1ncc(S(=O)(=O)Nc2ccc(F)cn2)cc1Cl. The number of nitrogens with zero attached hydrogens (tertiary/aromatic N) is 2. The number of hydrogen-bond donors (Lipinski definition) is 2. The predicted molar refractivity (Wildman–Crippen MR) is 68.7 cm³/mol. The summed E-state index contributed by atoms with van der Waals surface area (Å²) in [6.45, 7) is 0. The van der Waals surface area contributed by atoms with E-state index in [2.05, 4.69) is 14.7 Å². The zero-order chi connectivity index (χ0) is 14.0. The Morgan fingerprint density at radius 3 is 2.58 bits per heavy atom. The molecule has 2 aromatic heterocycles. The van der Waals surface area contributed by atoms with Gasteiger partial charge in [-0.05, 0) is 18.2 Å². The van der Waals surface area contributed by atoms with Crippen molar-refractivity contribution in [2.24, 2.45) is 0 Å². The van der Waals surface area contributed by atoms with E-state index >= 15 is 0 Å². The highest BCUT2D eigenvalue weighted by molar-refractivity contribution is 7.92. The second-order valence-electron chi connectivity index (χ2n) is 3.51. The number of nitrogens with two attached hydrogens (primary N) is 1. The lowest BCUT2D eigenvalue weighted by Crippen LogP contribution is -2.14. The summed E-state index contributed by atoms with van der Waals surface area (Å²) in [4.78, 5) is 7.06. The average molecular weight is 303 g/mol. The van der Waals surface area contributed by atoms with Crippen LogP contribution in [0.2, 0.25) is 5.02 Å². The number of anilines is 2. The van der Waals surface area contributed by atoms with Crippen molar-refractivity contribution in [1.82, 2.24) is 9.97 Å². The second-order valence-corrected chi connectivity index (χ2v) is 5.59. The standard InChI is InChI=1S/C10H8ClFN4O2S/c11-8-3-7(5-15-10(8)13)19(17,18)16-9-2-1-6(12)4-14-9/h1-5H,(H2,13,15)(H,14,16). The first-order valence-electron chi connectivity index (χ1n) is 4.94. The van der Waals surface area contributed by atoms with Gasteiger partial charge < -0.3 is 5.73 Å². The van der Waals surface area contributed by atoms with E-state index in [1.165, 1.54) is 6.07 Å². The first-order valence-corrected chi connectivity index (χ1v) is 6.80. The van der Waals surface area contributed by atoms with Crippen molar-refractivity contribution in [1.29, 1.82) is 0 Å². The van der Waals surface area contributed by atoms with Crippen LogP contribution in [0.25, 0.3) is 0 Å². The van der Waals surface area contributed by atoms with Gasteiger partial charge in [-0.3, -0.25) is 4.72 Å². The average Bonchev–Trinajstić information content (AvgIpc) is 2.35. The number of nitrogens with one attached hydrogen (secondary N) is 1. The summed E-state index contributed by atoms with van der Waals surface area (Å²) >= 11 is 5.70. The van der Waals surface area contributed by atoms with Crippen LogP contribution >= 0.6 is 11.6 Å². The zero-order valence-electron chi connectivity index (χ0n) is 9.34. The minimum absolute atomic E-state index is 0.0191. The Kier molecular flexibility index (Phi) is 3.54. The molecule has 0 atom stereocenters. The maximum absolute atomic E-state index is 12.7. The van der Waals surface area contributed by atoms with Crippen molar-refractivity contribution in [2.75, 3.05) is 10.5 Å². The van der Waals surface area contributed by atoms with Crippen LogP contribution in [-0.2, 0) is 10.0 Å². The van der Waals surface area contributed by atoms with Crippen molar-refractivity contribution in [3.8, 4) is 0 Å². The summed E-state index contributed by atoms with van der Waals surface area (Å²) in [5.41, 5.74) is 5.39. The molecule has 0 unspecified atom stereocenters. The van der Waals surface area contributed by atoms with Crippen LogP contribution in [0.15, 0.2) is 35.5 Å². The summed E-state index contributed by atoms with van der Waals surface area (Å²) in [5, 5.41) is 0.0231. The predicted octanol–water partition coefficient (Wildman–Crippen LogP) is 1.65. The van der Waals surface area contributed by atoms with Crippen LogP contribution in [0.4, 0.5) is 16.0 Å². The fraction of sp³-hybridized carbons (Fsp3) is 0. The molecule has 0 fully saturated rings. The monoisotopic (exact) mass is 302 g/mol. The topological polar surface area (TPSA) is 98.0 Å². The lowest BCUT2D eigenvalue weighted by molar-refractivity contribution is 0.600. The number of pyridine rings is 2. The molecule has 3 N–H and O–H groups in total. The molecule has 6 nitrogen and oxygen atoms in total. The van der Waals surface area contributed by atoms with Gasteiger partial charge in [-0.2, -0.15) is 0 Å². The lowest BCUT2D eigenvalue weighted by Gasteiger charge is -2.07. The first-order chi connectivity index (χ1) is 8.88. The van der Waals surface area contributed by atoms with Crippen LogP contribution in [-0.4, -0.2) is 18.4 Å². The van der Waals surface area contributed by atoms with Crippen LogP contribution in [0.5, 0.6) is 0 Å². The number of halogens is 2. The van der Waals surface area contributed by atoms with Gasteiger partial charge >= 0.3 is 0 Å². The molecule has 9 heteroatoms. The Morgan fingerprint density at radius 2 is 2.00 bits per heavy atom. The number of nitrogen functional groups attached to an aromatic ring is 1. The molecule has 100 valence electrons. The molecule has 0 aliphatic heterocycles. The van der Waals surface area contributed by atoms with Crippen molar-refractivity contribution in [2.45, 2.75) is 4.90 Å². The number of sulfonamides is 1. The Bertz CT molecular complexity index is 706. The van der Waals surface area contributed by atoms with Gasteiger partial charge in [0, 0.05) is 6.20 Å². The third kappa shape index (κ3) is 3.09. The van der Waals surface area contributed by atoms with E-state index in [9.17, 15) is 12.8 Å². The molecular weight excluding hydrogens is 295 g/mol. The maximum Gasteiger partial charge on any atom is 0.264 e. The third-order valence-corrected chi connectivity index (χ3v) is 3.75. The quantitative estimate of drug-likeness (QED) is 0.898. The highest BCUT2D eigenvalue weighted by Crippen LogP contribution is 2.21. The Hall–Kier alpha value is -1.93. The molecule has 0 radical (unpaired) electrons. The molecule has 0 amide bonds. The molecule has 0 aliphatic rings. The van der Waals surface area contributed by atoms with Crippen LogP contribution in [0.1, 0.15) is 0 Å². The minimum Gasteiger partial charge on any atom is -0.382 e. The summed E-state index contributed by atoms with van der Waals surface area (Å²) < 4.78 is 38.8. The van der Waals surface area contributed by atoms with Crippen molar-refractivity contribution < 1.29 is 12.8 Å². The molecule has 2 heterocycles. The van der Waals surface area contributed by atoms with Crippen LogP contribution in [0.3, 0.4) is 0 Å². The van der Waals surface area contributed by atoms with Crippen molar-refractivity contribution in [3.05, 3.63) is 41.4 Å². The zero-order valence-corrected chi connectivity index (χ0v) is 10.9. The highest BCUT2D eigenvalue weighted by Gasteiger charge is 2.16. The van der Waals surface area contributed by atoms with Crippen molar-refractivity contribution >= 4 is 33.3 Å². The number of aromatic nitrogens is 2. The van der Waals surface area contributed by atoms with E-state index in [1.54, 1.807) is 0 Å². The number of hydrogen-bond acceptors (Lipinski definition) is 5. The molecule has 0 aliphatic carbocycles. The van der Waals surface area contributed by atoms with Gasteiger partial charge in [0.05, 0.1) is 11.2 Å². The largest absolute Gasteiger partial charge is 0.382 e. The van der Waals surface area contributed by atoms with Gasteiger partial charge in [-0.15, -0.1) is 0 Å². The Balaban J connectivity index is 2.32. The molecule has 0 bridgehead atoms. The van der Waals surface area contributed by atoms with E-state index in [0.29, 0.717) is 0 Å². The van der Waals surface area contributed by atoms with Gasteiger partial charge in [-0.25, -0.2) is 22.8 Å². The first kappa shape index (κ1) is 13.5. The summed E-state index contributed by atoms with van der Waals surface area (Å²) in [6, 6.07) is 3.44. The lowest BCUT2D eigenvalue weighted by atomic mass is 10.5. The van der Waals surface area contributed by atoms with E-state index in [-0.39, 0.29) is 21.6 Å². The molecule has 2 aromatic rings. The summed E-state index contributed by atoms with van der Waals surface area (Å²) in [7, 11) is -3.90. The van der Waals surface area contributed by atoms with Gasteiger partial charge in [-0.1, -0.05) is 11.6 Å². The molecule has 2 rings (SSSR count). The fourth-order valence-corrected chi connectivity index (χ4v) is 2.42. The van der Waals surface area contributed by atoms with Gasteiger partial charge in [0.1, 0.15) is 22.3 Å². The van der Waals surface area contributed by atoms with Gasteiger partial charge in [0.15, 0.2) is 0 Å². The molecule has 0 saturated carbocycles. The van der Waals surface area contributed by atoms with Gasteiger partial charge in [0.25, 0.3) is 10.0 Å². The maximum atomic E-state index is 12.7. The Labute approximate surface area is 113 Å². The minimum atomic E-state index is -3.90. The molecular formula is C10H8ClFN4O2S. The molecule has 19 heavy (non-hydrogen) atoms. The smallest absolute Gasteiger partial charge is 0.264 e. The third-order valence-electron chi connectivity index (χ3n) is 2.12. The van der Waals surface area contributed by atoms with E-state index in [1.807, 2.05) is 0 Å². The normalized spacial score (nSPS) is 11.3. The molecule has 0 aromatic carbocycles. The van der Waals surface area contributed by atoms with Gasteiger partial charge in [0.2, 0.25) is 0 Å². The van der Waals surface area contributed by atoms with Crippen LogP contribution in [0, 0.1) is 5.82 Å². The van der Waals surface area contributed by atoms with E-state index in [4.69, 9.17) is 17.3 Å². The van der Waals surface area contributed by atoms with E-state index < -0.39 is 15.8 Å². The number of rotatable bonds is 3. The van der Waals surface area contributed by atoms with E-state index in [0.717, 1.165) is 24.5 Å².